The van der Waals surface area contributed by atoms with Crippen molar-refractivity contribution in [1.29, 1.82) is 0 Å². The first-order chi connectivity index (χ1) is 13.1. The van der Waals surface area contributed by atoms with Crippen LogP contribution in [0.25, 0.3) is 0 Å². The number of rotatable bonds is 8. The molecule has 0 aliphatic heterocycles. The number of carbonyl (C=O) groups is 4. The Morgan fingerprint density at radius 3 is 1.24 bits per heavy atom. The zero-order valence-electron chi connectivity index (χ0n) is 19.0. The Balaban J connectivity index is 4.04. The quantitative estimate of drug-likeness (QED) is 0.340. The molecule has 9 heteroatoms. The molecule has 0 aliphatic rings. The highest BCUT2D eigenvalue weighted by Gasteiger charge is 2.21. The summed E-state index contributed by atoms with van der Waals surface area (Å²) in [6.45, 7) is 11.2. The van der Waals surface area contributed by atoms with Gasteiger partial charge in [-0.1, -0.05) is 0 Å². The second kappa shape index (κ2) is 11.6. The van der Waals surface area contributed by atoms with Crippen LogP contribution in [0.15, 0.2) is 0 Å². The summed E-state index contributed by atoms with van der Waals surface area (Å²) in [5, 5.41) is 0. The molecule has 9 nitrogen and oxygen atoms in total. The van der Waals surface area contributed by atoms with Gasteiger partial charge in [0.2, 0.25) is 0 Å². The predicted octanol–water partition coefficient (Wildman–Crippen LogP) is 3.35. The fourth-order valence-corrected chi connectivity index (χ4v) is 2.01. The molecular formula is C20H36N2O7. The molecule has 0 saturated heterocycles. The molecule has 2 amide bonds. The fraction of sp³-hybridized carbons (Fsp3) is 0.800. The van der Waals surface area contributed by atoms with Crippen LogP contribution in [0, 0.1) is 0 Å². The van der Waals surface area contributed by atoms with E-state index in [1.54, 1.807) is 55.6 Å². The van der Waals surface area contributed by atoms with Crippen molar-refractivity contribution in [2.45, 2.75) is 78.4 Å². The largest absolute Gasteiger partial charge is 0.444 e. The molecule has 0 unspecified atom stereocenters. The molecule has 29 heavy (non-hydrogen) atoms. The van der Waals surface area contributed by atoms with Crippen molar-refractivity contribution in [3.63, 3.8) is 0 Å². The third kappa shape index (κ3) is 14.3. The maximum Gasteiger partial charge on any atom is 0.410 e. The van der Waals surface area contributed by atoms with E-state index in [2.05, 4.69) is 0 Å². The zero-order chi connectivity index (χ0) is 22.8. The summed E-state index contributed by atoms with van der Waals surface area (Å²) in [6, 6.07) is 0. The van der Waals surface area contributed by atoms with Crippen LogP contribution in [-0.4, -0.2) is 72.3 Å². The van der Waals surface area contributed by atoms with Gasteiger partial charge >= 0.3 is 24.1 Å². The molecule has 0 atom stereocenters. The maximum absolute atomic E-state index is 11.8. The first-order valence-electron chi connectivity index (χ1n) is 9.72. The van der Waals surface area contributed by atoms with Gasteiger partial charge < -0.3 is 24.0 Å². The SMILES string of the molecule is CN(CCCC(=O)OC(=O)CCCN(C)C(=O)OC(C)(C)C)C(=O)OC(C)(C)C. The first kappa shape index (κ1) is 26.7. The second-order valence-electron chi connectivity index (χ2n) is 8.86. The fourth-order valence-electron chi connectivity index (χ4n) is 2.01. The first-order valence-corrected chi connectivity index (χ1v) is 9.72. The van der Waals surface area contributed by atoms with Gasteiger partial charge in [-0.15, -0.1) is 0 Å². The van der Waals surface area contributed by atoms with Crippen LogP contribution < -0.4 is 0 Å². The van der Waals surface area contributed by atoms with Gasteiger partial charge in [-0.25, -0.2) is 9.59 Å². The predicted molar refractivity (Wildman–Crippen MR) is 107 cm³/mol. The van der Waals surface area contributed by atoms with Crippen molar-refractivity contribution in [3.8, 4) is 0 Å². The molecule has 0 saturated carbocycles. The van der Waals surface area contributed by atoms with E-state index in [9.17, 15) is 19.2 Å². The van der Waals surface area contributed by atoms with Crippen molar-refractivity contribution in [1.82, 2.24) is 9.80 Å². The van der Waals surface area contributed by atoms with Crippen molar-refractivity contribution >= 4 is 24.1 Å². The van der Waals surface area contributed by atoms with Crippen LogP contribution in [0.3, 0.4) is 0 Å². The number of nitrogens with zero attached hydrogens (tertiary/aromatic N) is 2. The van der Waals surface area contributed by atoms with Crippen molar-refractivity contribution in [3.05, 3.63) is 0 Å². The summed E-state index contributed by atoms with van der Waals surface area (Å²) < 4.78 is 15.2. The summed E-state index contributed by atoms with van der Waals surface area (Å²) in [5.74, 6) is -1.29. The molecule has 0 rings (SSSR count). The van der Waals surface area contributed by atoms with E-state index in [-0.39, 0.29) is 12.8 Å². The Morgan fingerprint density at radius 2 is 0.966 bits per heavy atom. The molecule has 0 aromatic rings. The van der Waals surface area contributed by atoms with Crippen LogP contribution >= 0.6 is 0 Å². The Kier molecular flexibility index (Phi) is 10.7. The molecule has 0 aromatic heterocycles. The molecule has 0 bridgehead atoms. The number of esters is 2. The highest BCUT2D eigenvalue weighted by atomic mass is 16.6. The second-order valence-corrected chi connectivity index (χ2v) is 8.86. The third-order valence-electron chi connectivity index (χ3n) is 3.39. The highest BCUT2D eigenvalue weighted by Crippen LogP contribution is 2.11. The molecule has 0 spiro atoms. The average molecular weight is 417 g/mol. The van der Waals surface area contributed by atoms with Gasteiger partial charge in [0.25, 0.3) is 0 Å². The number of hydrogen-bond acceptors (Lipinski definition) is 7. The minimum absolute atomic E-state index is 0.0106. The summed E-state index contributed by atoms with van der Waals surface area (Å²) in [4.78, 5) is 49.8. The van der Waals surface area contributed by atoms with Crippen LogP contribution in [-0.2, 0) is 23.8 Å². The average Bonchev–Trinajstić information content (AvgIpc) is 2.51. The van der Waals surface area contributed by atoms with Crippen LogP contribution in [0.2, 0.25) is 0 Å². The van der Waals surface area contributed by atoms with Crippen LogP contribution in [0.1, 0.15) is 67.2 Å². The van der Waals surface area contributed by atoms with E-state index < -0.39 is 35.3 Å². The number of ether oxygens (including phenoxy) is 3. The number of carbonyl (C=O) groups excluding carboxylic acids is 4. The standard InChI is InChI=1S/C20H36N2O7/c1-19(2,3)28-17(25)21(7)13-9-11-15(23)27-16(24)12-10-14-22(8)18(26)29-20(4,5)6/h9-14H2,1-8H3. The summed E-state index contributed by atoms with van der Waals surface area (Å²) in [7, 11) is 3.15. The molecule has 0 heterocycles. The van der Waals surface area contributed by atoms with Gasteiger partial charge in [-0.3, -0.25) is 9.59 Å². The molecule has 0 radical (unpaired) electrons. The highest BCUT2D eigenvalue weighted by molar-refractivity contribution is 5.85. The Labute approximate surface area is 173 Å². The van der Waals surface area contributed by atoms with Gasteiger partial charge in [0.15, 0.2) is 0 Å². The van der Waals surface area contributed by atoms with E-state index in [0.29, 0.717) is 25.9 Å². The number of hydrogen-bond donors (Lipinski definition) is 0. The minimum Gasteiger partial charge on any atom is -0.444 e. The van der Waals surface area contributed by atoms with Crippen molar-refractivity contribution < 1.29 is 33.4 Å². The van der Waals surface area contributed by atoms with E-state index in [4.69, 9.17) is 14.2 Å². The molecule has 168 valence electrons. The lowest BCUT2D eigenvalue weighted by atomic mass is 10.2. The van der Waals surface area contributed by atoms with E-state index in [1.807, 2.05) is 0 Å². The minimum atomic E-state index is -0.645. The van der Waals surface area contributed by atoms with Crippen LogP contribution in [0.5, 0.6) is 0 Å². The maximum atomic E-state index is 11.8. The van der Waals surface area contributed by atoms with Crippen molar-refractivity contribution in [2.24, 2.45) is 0 Å². The summed E-state index contributed by atoms with van der Waals surface area (Å²) in [6.07, 6.45) is -0.230. The lowest BCUT2D eigenvalue weighted by Gasteiger charge is -2.24. The summed E-state index contributed by atoms with van der Waals surface area (Å²) >= 11 is 0. The third-order valence-corrected chi connectivity index (χ3v) is 3.39. The van der Waals surface area contributed by atoms with Gasteiger partial charge in [0.1, 0.15) is 11.2 Å². The zero-order valence-corrected chi connectivity index (χ0v) is 19.0. The normalized spacial score (nSPS) is 11.4. The van der Waals surface area contributed by atoms with Crippen LogP contribution in [0.4, 0.5) is 9.59 Å². The van der Waals surface area contributed by atoms with Crippen molar-refractivity contribution in [2.75, 3.05) is 27.2 Å². The Hall–Kier alpha value is -2.32. The molecular weight excluding hydrogens is 380 g/mol. The van der Waals surface area contributed by atoms with E-state index in [0.717, 1.165) is 0 Å². The Bertz CT molecular complexity index is 526. The topological polar surface area (TPSA) is 102 Å². The molecule has 0 fully saturated rings. The summed E-state index contributed by atoms with van der Waals surface area (Å²) in [5.41, 5.74) is -1.18. The monoisotopic (exact) mass is 416 g/mol. The Morgan fingerprint density at radius 1 is 0.655 bits per heavy atom. The van der Waals surface area contributed by atoms with E-state index >= 15 is 0 Å². The van der Waals surface area contributed by atoms with E-state index in [1.165, 1.54) is 9.80 Å². The number of amides is 2. The molecule has 0 aliphatic carbocycles. The lowest BCUT2D eigenvalue weighted by molar-refractivity contribution is -0.159. The van der Waals surface area contributed by atoms with Gasteiger partial charge in [0.05, 0.1) is 0 Å². The molecule has 0 N–H and O–H groups in total. The smallest absolute Gasteiger partial charge is 0.410 e. The van der Waals surface area contributed by atoms with Gasteiger partial charge in [0, 0.05) is 40.0 Å². The molecule has 0 aromatic carbocycles. The lowest BCUT2D eigenvalue weighted by Crippen LogP contribution is -2.35. The van der Waals surface area contributed by atoms with Gasteiger partial charge in [-0.2, -0.15) is 0 Å². The van der Waals surface area contributed by atoms with Gasteiger partial charge in [-0.05, 0) is 54.4 Å².